The maximum Gasteiger partial charge on any atom is 0.142 e. The number of anilines is 1. The maximum absolute atomic E-state index is 9.48. The van der Waals surface area contributed by atoms with Crippen molar-refractivity contribution in [3.8, 4) is 40.1 Å². The summed E-state index contributed by atoms with van der Waals surface area (Å²) in [4.78, 5) is 8.74. The molecule has 0 aliphatic carbocycles. The van der Waals surface area contributed by atoms with Crippen LogP contribution in [0.3, 0.4) is 0 Å². The lowest BCUT2D eigenvalue weighted by atomic mass is 10.0. The Morgan fingerprint density at radius 3 is 2.21 bits per heavy atom. The minimum Gasteiger partial charge on any atom is -0.457 e. The minimum absolute atomic E-state index is 0.185. The number of aromatic nitrogens is 2. The van der Waals surface area contributed by atoms with Crippen molar-refractivity contribution >= 4 is 5.82 Å². The summed E-state index contributed by atoms with van der Waals surface area (Å²) in [5, 5.41) is 9.48. The molecule has 0 radical (unpaired) electrons. The quantitative estimate of drug-likeness (QED) is 0.547. The van der Waals surface area contributed by atoms with Crippen molar-refractivity contribution in [2.24, 2.45) is 0 Å². The molecule has 28 heavy (non-hydrogen) atoms. The van der Waals surface area contributed by atoms with Gasteiger partial charge in [0.2, 0.25) is 0 Å². The highest BCUT2D eigenvalue weighted by Crippen LogP contribution is 2.31. The van der Waals surface area contributed by atoms with E-state index in [0.717, 1.165) is 17.1 Å². The Bertz CT molecular complexity index is 1140. The fraction of sp³-hybridized carbons (Fsp3) is 0. The Hall–Kier alpha value is -4.17. The van der Waals surface area contributed by atoms with Crippen LogP contribution < -0.4 is 10.5 Å². The van der Waals surface area contributed by atoms with E-state index in [4.69, 9.17) is 10.5 Å². The monoisotopic (exact) mass is 364 g/mol. The van der Waals surface area contributed by atoms with Crippen LogP contribution in [-0.4, -0.2) is 9.97 Å². The molecule has 0 spiro atoms. The zero-order valence-electron chi connectivity index (χ0n) is 14.9. The molecule has 4 aromatic rings. The molecule has 4 rings (SSSR count). The number of para-hydroxylation sites is 1. The Morgan fingerprint density at radius 2 is 1.54 bits per heavy atom. The molecular weight excluding hydrogens is 348 g/mol. The minimum atomic E-state index is 0.185. The van der Waals surface area contributed by atoms with Crippen LogP contribution in [0, 0.1) is 11.3 Å². The van der Waals surface area contributed by atoms with Gasteiger partial charge in [-0.1, -0.05) is 24.3 Å². The van der Waals surface area contributed by atoms with E-state index in [1.807, 2.05) is 78.9 Å². The molecule has 2 N–H and O–H groups in total. The summed E-state index contributed by atoms with van der Waals surface area (Å²) >= 11 is 0. The number of hydrogen-bond donors (Lipinski definition) is 1. The molecule has 0 bridgehead atoms. The molecule has 5 heteroatoms. The SMILES string of the molecule is N#Cc1c(-c2ccccn2)cc(-c2ccc(Oc3ccccc3)cc2)nc1N. The molecule has 0 saturated carbocycles. The first kappa shape index (κ1) is 17.3. The summed E-state index contributed by atoms with van der Waals surface area (Å²) in [6.45, 7) is 0. The van der Waals surface area contributed by atoms with Crippen LogP contribution in [0.2, 0.25) is 0 Å². The smallest absolute Gasteiger partial charge is 0.142 e. The van der Waals surface area contributed by atoms with Gasteiger partial charge in [0.15, 0.2) is 0 Å². The molecule has 0 unspecified atom stereocenters. The van der Waals surface area contributed by atoms with E-state index in [0.29, 0.717) is 22.5 Å². The fourth-order valence-electron chi connectivity index (χ4n) is 2.87. The first-order valence-electron chi connectivity index (χ1n) is 8.70. The van der Waals surface area contributed by atoms with Crippen LogP contribution >= 0.6 is 0 Å². The largest absolute Gasteiger partial charge is 0.457 e. The van der Waals surface area contributed by atoms with Gasteiger partial charge in [0.05, 0.1) is 11.4 Å². The number of nitrogen functional groups attached to an aromatic ring is 1. The molecule has 134 valence electrons. The van der Waals surface area contributed by atoms with Gasteiger partial charge in [0.1, 0.15) is 28.9 Å². The molecule has 0 aliphatic rings. The van der Waals surface area contributed by atoms with Crippen LogP contribution in [0.4, 0.5) is 5.82 Å². The van der Waals surface area contributed by atoms with Crippen molar-refractivity contribution in [3.05, 3.63) is 90.6 Å². The van der Waals surface area contributed by atoms with Gasteiger partial charge in [-0.2, -0.15) is 5.26 Å². The number of rotatable bonds is 4. The van der Waals surface area contributed by atoms with Crippen molar-refractivity contribution in [2.45, 2.75) is 0 Å². The highest BCUT2D eigenvalue weighted by atomic mass is 16.5. The van der Waals surface area contributed by atoms with Gasteiger partial charge in [-0.25, -0.2) is 4.98 Å². The lowest BCUT2D eigenvalue weighted by Crippen LogP contribution is -2.00. The topological polar surface area (TPSA) is 84.8 Å². The van der Waals surface area contributed by atoms with E-state index in [-0.39, 0.29) is 5.82 Å². The molecule has 2 aromatic carbocycles. The van der Waals surface area contributed by atoms with E-state index < -0.39 is 0 Å². The summed E-state index contributed by atoms with van der Waals surface area (Å²) in [5.41, 5.74) is 9.26. The van der Waals surface area contributed by atoms with Crippen molar-refractivity contribution in [3.63, 3.8) is 0 Å². The lowest BCUT2D eigenvalue weighted by molar-refractivity contribution is 0.483. The number of nitrogens with zero attached hydrogens (tertiary/aromatic N) is 3. The standard InChI is InChI=1S/C23H16N4O/c24-15-20-19(21-8-4-5-13-26-21)14-22(27-23(20)25)16-9-11-18(12-10-16)28-17-6-2-1-3-7-17/h1-14H,(H2,25,27). The second-order valence-electron chi connectivity index (χ2n) is 6.08. The van der Waals surface area contributed by atoms with E-state index in [9.17, 15) is 5.26 Å². The van der Waals surface area contributed by atoms with Crippen LogP contribution in [0.5, 0.6) is 11.5 Å². The summed E-state index contributed by atoms with van der Waals surface area (Å²) < 4.78 is 5.82. The van der Waals surface area contributed by atoms with Crippen molar-refractivity contribution in [1.82, 2.24) is 9.97 Å². The van der Waals surface area contributed by atoms with Gasteiger partial charge in [-0.3, -0.25) is 4.98 Å². The maximum atomic E-state index is 9.48. The third-order valence-corrected chi connectivity index (χ3v) is 4.23. The predicted octanol–water partition coefficient (Wildman–Crippen LogP) is 5.06. The summed E-state index contributed by atoms with van der Waals surface area (Å²) in [7, 11) is 0. The molecule has 0 atom stereocenters. The Balaban J connectivity index is 1.70. The Kier molecular flexibility index (Phi) is 4.68. The second-order valence-corrected chi connectivity index (χ2v) is 6.08. The first-order valence-corrected chi connectivity index (χ1v) is 8.70. The van der Waals surface area contributed by atoms with Crippen LogP contribution in [0.15, 0.2) is 85.1 Å². The van der Waals surface area contributed by atoms with Crippen molar-refractivity contribution < 1.29 is 4.74 Å². The molecule has 2 aromatic heterocycles. The molecule has 5 nitrogen and oxygen atoms in total. The Morgan fingerprint density at radius 1 is 0.821 bits per heavy atom. The summed E-state index contributed by atoms with van der Waals surface area (Å²) in [6.07, 6.45) is 1.68. The van der Waals surface area contributed by atoms with Gasteiger partial charge in [0, 0.05) is 17.3 Å². The van der Waals surface area contributed by atoms with Gasteiger partial charge in [0.25, 0.3) is 0 Å². The van der Waals surface area contributed by atoms with E-state index >= 15 is 0 Å². The molecule has 0 amide bonds. The van der Waals surface area contributed by atoms with Gasteiger partial charge < -0.3 is 10.5 Å². The molecule has 0 fully saturated rings. The van der Waals surface area contributed by atoms with Crippen LogP contribution in [0.25, 0.3) is 22.5 Å². The number of ether oxygens (including phenoxy) is 1. The average molecular weight is 364 g/mol. The normalized spacial score (nSPS) is 10.2. The van der Waals surface area contributed by atoms with Gasteiger partial charge in [-0.05, 0) is 54.6 Å². The third-order valence-electron chi connectivity index (χ3n) is 4.23. The van der Waals surface area contributed by atoms with E-state index in [1.165, 1.54) is 0 Å². The number of benzene rings is 2. The van der Waals surface area contributed by atoms with Gasteiger partial charge in [-0.15, -0.1) is 0 Å². The summed E-state index contributed by atoms with van der Waals surface area (Å²) in [5.74, 6) is 1.68. The third kappa shape index (κ3) is 3.53. The summed E-state index contributed by atoms with van der Waals surface area (Å²) in [6, 6.07) is 26.7. The number of nitrogens with two attached hydrogens (primary N) is 1. The van der Waals surface area contributed by atoms with Crippen LogP contribution in [-0.2, 0) is 0 Å². The molecular formula is C23H16N4O. The van der Waals surface area contributed by atoms with Crippen LogP contribution in [0.1, 0.15) is 5.56 Å². The molecule has 0 aliphatic heterocycles. The van der Waals surface area contributed by atoms with Crippen molar-refractivity contribution in [1.29, 1.82) is 5.26 Å². The van der Waals surface area contributed by atoms with E-state index in [2.05, 4.69) is 16.0 Å². The fourth-order valence-corrected chi connectivity index (χ4v) is 2.87. The first-order chi connectivity index (χ1) is 13.7. The average Bonchev–Trinajstić information content (AvgIpc) is 2.75. The second kappa shape index (κ2) is 7.60. The van der Waals surface area contributed by atoms with E-state index in [1.54, 1.807) is 6.20 Å². The predicted molar refractivity (Wildman–Crippen MR) is 109 cm³/mol. The molecule has 2 heterocycles. The number of nitriles is 1. The van der Waals surface area contributed by atoms with Gasteiger partial charge >= 0.3 is 0 Å². The lowest BCUT2D eigenvalue weighted by Gasteiger charge is -2.10. The highest BCUT2D eigenvalue weighted by Gasteiger charge is 2.14. The Labute approximate surface area is 162 Å². The number of pyridine rings is 2. The van der Waals surface area contributed by atoms with Crippen molar-refractivity contribution in [2.75, 3.05) is 5.73 Å². The number of hydrogen-bond acceptors (Lipinski definition) is 5. The molecule has 0 saturated heterocycles. The zero-order valence-corrected chi connectivity index (χ0v) is 14.9. The highest BCUT2D eigenvalue weighted by molar-refractivity contribution is 5.78. The zero-order chi connectivity index (χ0) is 19.3.